The lowest BCUT2D eigenvalue weighted by atomic mass is 9.64. The van der Waals surface area contributed by atoms with Crippen molar-refractivity contribution in [1.29, 1.82) is 0 Å². The Balaban J connectivity index is 0.000000191. The van der Waals surface area contributed by atoms with Crippen molar-refractivity contribution >= 4 is 229 Å². The summed E-state index contributed by atoms with van der Waals surface area (Å²) in [5, 5.41) is 114. The van der Waals surface area contributed by atoms with Crippen LogP contribution in [0, 0.1) is 6.92 Å². The van der Waals surface area contributed by atoms with E-state index in [0.29, 0.717) is 100 Å². The summed E-state index contributed by atoms with van der Waals surface area (Å²) in [5.41, 5.74) is 4.25. The van der Waals surface area contributed by atoms with E-state index in [4.69, 9.17) is 23.3 Å². The molecule has 2 amide bonds. The molecule has 123 heavy (non-hydrogen) atoms. The molecule has 6 heterocycles. The number of aliphatic hydroxyl groups is 1. The highest BCUT2D eigenvalue weighted by Crippen LogP contribution is 2.48. The Labute approximate surface area is 761 Å². The molecule has 1 fully saturated rings. The van der Waals surface area contributed by atoms with Gasteiger partial charge in [-0.1, -0.05) is 73.4 Å². The number of Topliss-reactive ketones (excluding diaryl/α,β-unsaturated/α-hetero) is 4. The van der Waals surface area contributed by atoms with Crippen LogP contribution in [0.3, 0.4) is 0 Å². The highest BCUT2D eigenvalue weighted by atomic mass is 32.2. The number of aryl methyl sites for hydroxylation is 1. The van der Waals surface area contributed by atoms with E-state index in [1.54, 1.807) is 48.3 Å². The summed E-state index contributed by atoms with van der Waals surface area (Å²) < 4.78 is 28.3. The Morgan fingerprint density at radius 1 is 0.455 bits per heavy atom. The van der Waals surface area contributed by atoms with Crippen molar-refractivity contribution in [2.24, 2.45) is 0 Å². The molecular formula is C78H95B5N4O25S11. The normalized spacial score (nSPS) is 17.0. The number of benzene rings is 5. The van der Waals surface area contributed by atoms with Crippen molar-refractivity contribution in [1.82, 2.24) is 20.8 Å². The number of amides is 2. The number of carboxylic acid groups (broad SMARTS) is 4. The lowest BCUT2D eigenvalue weighted by Gasteiger charge is -2.30. The number of carbonyl (C=O) groups excluding carboxylic acids is 6. The van der Waals surface area contributed by atoms with Crippen LogP contribution in [0.1, 0.15) is 139 Å². The monoisotopic (exact) mass is 1890 g/mol. The smallest absolute Gasteiger partial charge is 0.535 e. The number of ketones is 4. The molecule has 0 saturated heterocycles. The van der Waals surface area contributed by atoms with Gasteiger partial charge in [-0.25, -0.2) is 19.2 Å². The number of hydrogen-bond donors (Lipinski definition) is 12. The van der Waals surface area contributed by atoms with Gasteiger partial charge in [-0.2, -0.15) is 58.8 Å². The Bertz CT molecular complexity index is 4830. The number of aromatic nitrogens is 2. The molecule has 1 aromatic heterocycles. The van der Waals surface area contributed by atoms with Gasteiger partial charge in [0, 0.05) is 66.4 Å². The zero-order chi connectivity index (χ0) is 90.1. The molecular weight excluding hydrogens is 1800 g/mol. The van der Waals surface area contributed by atoms with E-state index in [1.807, 2.05) is 75.5 Å². The molecule has 658 valence electrons. The molecule has 0 spiro atoms. The van der Waals surface area contributed by atoms with Crippen molar-refractivity contribution in [2.45, 2.75) is 161 Å². The zero-order valence-electron chi connectivity index (χ0n) is 68.7. The van der Waals surface area contributed by atoms with Crippen LogP contribution in [-0.4, -0.2) is 250 Å². The standard InChI is InChI=1S/C17H21BO5S2.C16H17BN2O5S3.C16H21BO5S2.C15H18BNO6S2.C14H18BNO4S2/c1-24-9-12(19)8-11-7-10-5-6-14(25-13-3-2-4-13)15(17(20)21)16(10)23-18(11)22;1-8-18-19-16(26-8)27-12-4-3-9-5-10(6-11(20)7-25-2)17(23)24-14(9)13(12)15(21)22;1-3-6-24-13-5-4-10-7-11(8-12(18)9-23-2)17(21)22-15(10)14(13)16(19)20;1-8(18)6-25-10-4-3-9-5-11(17-12(19)7-24-2)16(22)23-14(9)13(10)15(20)21;1-8(17)13-10(22-3)5-4-9-6-11(15(19)20-14(9)13)16-12(18)7-21-2/h5-6,11,13,22H,2-4,7-9H2,1H3,(H,20,21);3-4,10,23H,5-7H2,1-2H3,(H,21,22);4-5,11,21H,3,6-9H2,1-2H3,(H,19,20);3-4,11,22H,5-7H2,1-2H3,(H,17,19)(H,20,21);4-5,11,17,19H,1,6-7H2,2-3H3,(H,16,18)/t11-;10-;3*11-/m11100/s1. The van der Waals surface area contributed by atoms with E-state index in [1.165, 1.54) is 119 Å². The van der Waals surface area contributed by atoms with Gasteiger partial charge in [0.25, 0.3) is 0 Å². The van der Waals surface area contributed by atoms with E-state index >= 15 is 0 Å². The van der Waals surface area contributed by atoms with Gasteiger partial charge >= 0.3 is 59.5 Å². The van der Waals surface area contributed by atoms with Gasteiger partial charge in [0.15, 0.2) is 4.34 Å². The molecule has 5 atom stereocenters. The largest absolute Gasteiger partial charge is 0.547 e. The molecule has 5 aliphatic heterocycles. The molecule has 1 saturated carbocycles. The third kappa shape index (κ3) is 28.7. The fourth-order valence-corrected chi connectivity index (χ4v) is 21.3. The predicted octanol–water partition coefficient (Wildman–Crippen LogP) is 11.5. The van der Waals surface area contributed by atoms with Crippen LogP contribution in [0.25, 0.3) is 5.76 Å². The van der Waals surface area contributed by atoms with E-state index in [9.17, 15) is 98.6 Å². The number of carbonyl (C=O) groups is 10. The molecule has 6 aromatic rings. The second-order valence-corrected chi connectivity index (χ2v) is 39.9. The number of aliphatic hydroxyl groups excluding tert-OH is 1. The summed E-state index contributed by atoms with van der Waals surface area (Å²) >= 11 is 15.3. The third-order valence-electron chi connectivity index (χ3n) is 19.4. The number of hydrogen-bond acceptors (Lipinski definition) is 34. The number of nitrogens with zero attached hydrogens (tertiary/aromatic N) is 2. The highest BCUT2D eigenvalue weighted by molar-refractivity contribution is 8.02. The van der Waals surface area contributed by atoms with E-state index in [-0.39, 0.29) is 141 Å². The number of aromatic carboxylic acids is 4. The van der Waals surface area contributed by atoms with Crippen LogP contribution < -0.4 is 33.9 Å². The summed E-state index contributed by atoms with van der Waals surface area (Å²) in [4.78, 5) is 120. The van der Waals surface area contributed by atoms with Crippen LogP contribution in [-0.2, 0) is 60.9 Å². The number of thioether (sulfide) groups is 9. The first-order valence-electron chi connectivity index (χ1n) is 38.5. The van der Waals surface area contributed by atoms with Crippen LogP contribution in [0.2, 0.25) is 17.5 Å². The molecule has 0 radical (unpaired) electrons. The highest BCUT2D eigenvalue weighted by Gasteiger charge is 2.44. The van der Waals surface area contributed by atoms with Crippen molar-refractivity contribution in [2.75, 3.05) is 77.8 Å². The molecule has 29 nitrogen and oxygen atoms in total. The van der Waals surface area contributed by atoms with E-state index in [0.717, 1.165) is 63.4 Å². The topological polar surface area (TPSA) is 469 Å². The van der Waals surface area contributed by atoms with Crippen LogP contribution in [0.4, 0.5) is 0 Å². The SMILES string of the molecule is C=C(O)c1c(SC)ccc2c1OB(O)[C@@H](NC(=O)CSC)C2.CCCSc1ccc2c(c1C(=O)O)OB(O)[C@@H](CC(=O)CSC)C2.CSCC(=O)C[C@H]1Cc2ccc(SC3CCC3)c(C(=O)O)c2OB1O.CSCC(=O)C[C@H]1Cc2ccc(Sc3nnc(C)s3)c(C(=O)O)c2OB1O.CSCC(=O)N[C@H]1Cc2ccc(SCC(C)=O)c(C(=O)O)c2OB1O. The summed E-state index contributed by atoms with van der Waals surface area (Å²) in [6.45, 7) is 8.85. The first-order chi connectivity index (χ1) is 58.6. The fourth-order valence-electron chi connectivity index (χ4n) is 13.6. The molecule has 0 unspecified atom stereocenters. The van der Waals surface area contributed by atoms with Gasteiger partial charge in [-0.3, -0.25) is 28.8 Å². The van der Waals surface area contributed by atoms with Crippen molar-refractivity contribution < 1.29 is 122 Å². The third-order valence-corrected chi connectivity index (χ3v) is 28.9. The molecule has 5 aromatic carbocycles. The minimum atomic E-state index is -1.34. The maximum Gasteiger partial charge on any atom is 0.547 e. The molecule has 45 heteroatoms. The Kier molecular flexibility index (Phi) is 41.0. The van der Waals surface area contributed by atoms with Crippen LogP contribution in [0.5, 0.6) is 28.7 Å². The van der Waals surface area contributed by atoms with Gasteiger partial charge in [0.2, 0.25) is 11.8 Å². The number of nitrogens with one attached hydrogen (secondary N) is 2. The lowest BCUT2D eigenvalue weighted by Crippen LogP contribution is -2.53. The summed E-state index contributed by atoms with van der Waals surface area (Å²) in [5.74, 6) is -3.08. The van der Waals surface area contributed by atoms with Gasteiger partial charge < -0.3 is 84.6 Å². The summed E-state index contributed by atoms with van der Waals surface area (Å²) in [7, 11) is -6.03. The van der Waals surface area contributed by atoms with Crippen LogP contribution in [0.15, 0.2) is 96.1 Å². The average Bonchev–Trinajstić information content (AvgIpc) is 1.67. The average molecular weight is 1900 g/mol. The van der Waals surface area contributed by atoms with Crippen molar-refractivity contribution in [3.05, 3.63) is 128 Å². The van der Waals surface area contributed by atoms with E-state index < -0.39 is 71.4 Å². The number of fused-ring (bicyclic) bond motifs is 5. The van der Waals surface area contributed by atoms with Gasteiger partial charge in [0.1, 0.15) is 84.9 Å². The molecule has 0 bridgehead atoms. The summed E-state index contributed by atoms with van der Waals surface area (Å²) in [6.07, 6.45) is 18.1. The van der Waals surface area contributed by atoms with E-state index in [2.05, 4.69) is 27.4 Å². The van der Waals surface area contributed by atoms with Gasteiger partial charge in [0.05, 0.1) is 52.0 Å². The molecule has 1 aliphatic carbocycles. The predicted molar refractivity (Wildman–Crippen MR) is 496 cm³/mol. The second-order valence-electron chi connectivity index (χ2n) is 28.8. The number of carboxylic acids is 4. The summed E-state index contributed by atoms with van der Waals surface area (Å²) in [6, 6.07) is 17.9. The Morgan fingerprint density at radius 2 is 0.805 bits per heavy atom. The van der Waals surface area contributed by atoms with Crippen molar-refractivity contribution in [3.63, 3.8) is 0 Å². The van der Waals surface area contributed by atoms with Gasteiger partial charge in [-0.15, -0.1) is 57.2 Å². The fraction of sp³-hybridized carbons (Fsp3) is 0.436. The first kappa shape index (κ1) is 102. The van der Waals surface area contributed by atoms with Crippen LogP contribution >= 0.6 is 129 Å². The van der Waals surface area contributed by atoms with Gasteiger partial charge in [-0.05, 0) is 167 Å². The second kappa shape index (κ2) is 49.6. The maximum atomic E-state index is 11.9. The lowest BCUT2D eigenvalue weighted by molar-refractivity contribution is -0.119. The number of rotatable bonds is 34. The molecule has 12 rings (SSSR count). The minimum absolute atomic E-state index is 0.00158. The zero-order valence-corrected chi connectivity index (χ0v) is 77.7. The first-order valence-corrected chi connectivity index (χ1v) is 51.2. The maximum absolute atomic E-state index is 11.9. The minimum Gasteiger partial charge on any atom is -0.535 e. The van der Waals surface area contributed by atoms with Crippen molar-refractivity contribution in [3.8, 4) is 28.7 Å². The molecule has 6 aliphatic rings. The Hall–Kier alpha value is -6.68. The quantitative estimate of drug-likeness (QED) is 0.0101. The molecule has 12 N–H and O–H groups in total. The Morgan fingerprint density at radius 3 is 1.15 bits per heavy atom.